The third-order valence-electron chi connectivity index (χ3n) is 8.27. The lowest BCUT2D eigenvalue weighted by atomic mass is 10.2. The molecule has 0 saturated carbocycles. The number of carbonyl (C=O) groups is 2. The zero-order valence-corrected chi connectivity index (χ0v) is 26.1. The molecule has 0 aliphatic carbocycles. The van der Waals surface area contributed by atoms with Gasteiger partial charge in [-0.1, -0.05) is 36.9 Å². The molecule has 1 N–H and O–H groups in total. The van der Waals surface area contributed by atoms with E-state index >= 15 is 0 Å². The summed E-state index contributed by atoms with van der Waals surface area (Å²) in [4.78, 5) is 49.7. The molecule has 238 valence electrons. The molecule has 1 aromatic heterocycles. The molecular formula is C33H33N5O7S. The molecule has 4 heterocycles. The first-order valence-electron chi connectivity index (χ1n) is 15.3. The fourth-order valence-corrected chi connectivity index (χ4v) is 6.78. The van der Waals surface area contributed by atoms with Crippen LogP contribution in [0, 0.1) is 0 Å². The zero-order chi connectivity index (χ0) is 31.6. The first-order valence-corrected chi connectivity index (χ1v) is 16.1. The number of anilines is 2. The van der Waals surface area contributed by atoms with E-state index < -0.39 is 5.25 Å². The van der Waals surface area contributed by atoms with Crippen molar-refractivity contribution in [2.24, 2.45) is 0 Å². The van der Waals surface area contributed by atoms with Crippen molar-refractivity contribution in [3.63, 3.8) is 0 Å². The molecule has 13 heteroatoms. The second kappa shape index (κ2) is 12.8. The van der Waals surface area contributed by atoms with Gasteiger partial charge in [0.05, 0.1) is 16.2 Å². The highest BCUT2D eigenvalue weighted by atomic mass is 32.2. The largest absolute Gasteiger partial charge is 0.454 e. The molecule has 3 aliphatic heterocycles. The van der Waals surface area contributed by atoms with Crippen LogP contribution in [0.3, 0.4) is 0 Å². The fourth-order valence-electron chi connectivity index (χ4n) is 5.74. The minimum atomic E-state index is -0.572. The molecular weight excluding hydrogens is 610 g/mol. The van der Waals surface area contributed by atoms with Gasteiger partial charge in [0.2, 0.25) is 25.4 Å². The summed E-state index contributed by atoms with van der Waals surface area (Å²) >= 11 is 1.20. The number of hydrogen-bond donors (Lipinski definition) is 1. The Bertz CT molecular complexity index is 1840. The first kappa shape index (κ1) is 29.8. The van der Waals surface area contributed by atoms with Crippen molar-refractivity contribution in [1.82, 2.24) is 14.5 Å². The second-order valence-electron chi connectivity index (χ2n) is 11.1. The van der Waals surface area contributed by atoms with E-state index in [0.29, 0.717) is 64.3 Å². The number of piperazine rings is 1. The lowest BCUT2D eigenvalue weighted by Crippen LogP contribution is -2.49. The summed E-state index contributed by atoms with van der Waals surface area (Å²) in [5.74, 6) is 1.88. The predicted molar refractivity (Wildman–Crippen MR) is 173 cm³/mol. The third kappa shape index (κ3) is 6.02. The number of ether oxygens (including phenoxy) is 4. The Labute approximate surface area is 269 Å². The Morgan fingerprint density at radius 3 is 2.33 bits per heavy atom. The highest BCUT2D eigenvalue weighted by Gasteiger charge is 2.26. The van der Waals surface area contributed by atoms with Crippen LogP contribution in [-0.2, 0) is 16.1 Å². The Morgan fingerprint density at radius 2 is 1.59 bits per heavy atom. The number of nitrogens with zero attached hydrogens (tertiary/aromatic N) is 4. The normalized spacial score (nSPS) is 15.7. The van der Waals surface area contributed by atoms with E-state index in [-0.39, 0.29) is 43.9 Å². The van der Waals surface area contributed by atoms with Crippen molar-refractivity contribution in [3.8, 4) is 23.0 Å². The second-order valence-corrected chi connectivity index (χ2v) is 12.3. The van der Waals surface area contributed by atoms with Crippen molar-refractivity contribution in [2.45, 2.75) is 36.7 Å². The molecule has 1 atom stereocenters. The maximum absolute atomic E-state index is 13.9. The van der Waals surface area contributed by atoms with Gasteiger partial charge in [-0.15, -0.1) is 0 Å². The van der Waals surface area contributed by atoms with Crippen LogP contribution in [0.4, 0.5) is 11.4 Å². The molecule has 1 saturated heterocycles. The number of para-hydroxylation sites is 1. The number of amides is 2. The smallest absolute Gasteiger partial charge is 0.262 e. The number of nitrogens with one attached hydrogen (secondary N) is 1. The number of hydrogen-bond acceptors (Lipinski definition) is 10. The molecule has 46 heavy (non-hydrogen) atoms. The average Bonchev–Trinajstić information content (AvgIpc) is 3.75. The van der Waals surface area contributed by atoms with Crippen LogP contribution in [0.5, 0.6) is 23.0 Å². The van der Waals surface area contributed by atoms with Crippen LogP contribution in [0.2, 0.25) is 0 Å². The molecule has 3 aromatic carbocycles. The van der Waals surface area contributed by atoms with E-state index in [4.69, 9.17) is 23.9 Å². The highest BCUT2D eigenvalue weighted by Crippen LogP contribution is 2.37. The molecule has 0 spiro atoms. The van der Waals surface area contributed by atoms with E-state index in [9.17, 15) is 14.4 Å². The van der Waals surface area contributed by atoms with Crippen molar-refractivity contribution in [1.29, 1.82) is 0 Å². The van der Waals surface area contributed by atoms with E-state index in [1.54, 1.807) is 30.3 Å². The molecule has 7 rings (SSSR count). The van der Waals surface area contributed by atoms with Crippen LogP contribution >= 0.6 is 11.8 Å². The number of fused-ring (bicyclic) bond motifs is 3. The van der Waals surface area contributed by atoms with Gasteiger partial charge in [-0.25, -0.2) is 4.98 Å². The van der Waals surface area contributed by atoms with Crippen molar-refractivity contribution in [3.05, 3.63) is 71.0 Å². The molecule has 4 aromatic rings. The molecule has 3 aliphatic rings. The maximum Gasteiger partial charge on any atom is 0.262 e. The van der Waals surface area contributed by atoms with Crippen molar-refractivity contribution >= 4 is 45.9 Å². The van der Waals surface area contributed by atoms with E-state index in [2.05, 4.69) is 22.3 Å². The highest BCUT2D eigenvalue weighted by molar-refractivity contribution is 8.00. The third-order valence-corrected chi connectivity index (χ3v) is 9.62. The van der Waals surface area contributed by atoms with Crippen LogP contribution in [0.15, 0.2) is 70.6 Å². The van der Waals surface area contributed by atoms with Gasteiger partial charge in [0.25, 0.3) is 5.56 Å². The number of thioether (sulfide) groups is 1. The van der Waals surface area contributed by atoms with Gasteiger partial charge in [-0.3, -0.25) is 19.0 Å². The summed E-state index contributed by atoms with van der Waals surface area (Å²) < 4.78 is 23.3. The maximum atomic E-state index is 13.9. The molecule has 12 nitrogen and oxygen atoms in total. The zero-order valence-electron chi connectivity index (χ0n) is 25.3. The van der Waals surface area contributed by atoms with Gasteiger partial charge >= 0.3 is 0 Å². The summed E-state index contributed by atoms with van der Waals surface area (Å²) in [6.45, 7) is 4.89. The summed E-state index contributed by atoms with van der Waals surface area (Å²) in [7, 11) is 0. The van der Waals surface area contributed by atoms with E-state index in [1.165, 1.54) is 16.3 Å². The minimum absolute atomic E-state index is 0.0334. The quantitative estimate of drug-likeness (QED) is 0.211. The fraction of sp³-hybridized carbons (Fsp3) is 0.333. The van der Waals surface area contributed by atoms with Crippen LogP contribution in [0.25, 0.3) is 10.9 Å². The van der Waals surface area contributed by atoms with Crippen LogP contribution in [-0.4, -0.2) is 71.3 Å². The van der Waals surface area contributed by atoms with Crippen molar-refractivity contribution < 1.29 is 28.5 Å². The first-order chi connectivity index (χ1) is 22.5. The molecule has 2 amide bonds. The summed E-state index contributed by atoms with van der Waals surface area (Å²) in [5.41, 5.74) is 1.84. The summed E-state index contributed by atoms with van der Waals surface area (Å²) in [6, 6.07) is 18.7. The van der Waals surface area contributed by atoms with Gasteiger partial charge in [0.1, 0.15) is 0 Å². The lowest BCUT2D eigenvalue weighted by molar-refractivity contribution is -0.131. The summed E-state index contributed by atoms with van der Waals surface area (Å²) in [6.07, 6.45) is 0.595. The molecule has 0 bridgehead atoms. The van der Waals surface area contributed by atoms with Crippen molar-refractivity contribution in [2.75, 3.05) is 50.0 Å². The number of rotatable bonds is 9. The Kier molecular flexibility index (Phi) is 8.31. The Morgan fingerprint density at radius 1 is 0.891 bits per heavy atom. The topological polar surface area (TPSA) is 124 Å². The van der Waals surface area contributed by atoms with Gasteiger partial charge in [-0.05, 0) is 36.8 Å². The van der Waals surface area contributed by atoms with Gasteiger partial charge in [-0.2, -0.15) is 0 Å². The lowest BCUT2D eigenvalue weighted by Gasteiger charge is -2.36. The molecule has 1 fully saturated rings. The number of benzene rings is 3. The van der Waals surface area contributed by atoms with Crippen LogP contribution < -0.4 is 34.7 Å². The Balaban J connectivity index is 1.10. The van der Waals surface area contributed by atoms with Crippen LogP contribution in [0.1, 0.15) is 19.8 Å². The van der Waals surface area contributed by atoms with E-state index in [1.807, 2.05) is 30.0 Å². The SMILES string of the molecule is CC[C@@H](Sc1nc2cc3c(cc2c(=O)n1CCC(=O)N1CCN(c2ccccc2)CC1)OCO3)C(=O)Nc1ccc2c(c1)OCO2. The van der Waals surface area contributed by atoms with Gasteiger partial charge in [0.15, 0.2) is 28.2 Å². The molecule has 0 radical (unpaired) electrons. The Hall–Kier alpha value is -4.91. The monoisotopic (exact) mass is 643 g/mol. The van der Waals surface area contributed by atoms with Gasteiger partial charge < -0.3 is 34.1 Å². The minimum Gasteiger partial charge on any atom is -0.454 e. The van der Waals surface area contributed by atoms with Gasteiger partial charge in [0, 0.05) is 62.7 Å². The number of aromatic nitrogens is 2. The van der Waals surface area contributed by atoms with E-state index in [0.717, 1.165) is 18.8 Å². The predicted octanol–water partition coefficient (Wildman–Crippen LogP) is 4.10. The summed E-state index contributed by atoms with van der Waals surface area (Å²) in [5, 5.41) is 3.08. The number of carbonyl (C=O) groups excluding carboxylic acids is 2. The molecule has 0 unspecified atom stereocenters. The average molecular weight is 644 g/mol. The standard InChI is InChI=1S/C33H33N5O7S/c1-2-29(31(40)34-21-8-9-25-26(16-21)43-19-42-25)46-33-35-24-18-28-27(44-20-45-28)17-23(24)32(41)38(33)11-10-30(39)37-14-12-36(13-15-37)22-6-4-3-5-7-22/h3-9,16-18,29H,2,10-15,19-20H2,1H3,(H,34,40)/t29-/m1/s1.